The van der Waals surface area contributed by atoms with Crippen LogP contribution in [0, 0.1) is 0 Å². The van der Waals surface area contributed by atoms with Gasteiger partial charge in [-0.3, -0.25) is 9.69 Å². The van der Waals surface area contributed by atoms with Gasteiger partial charge in [0.15, 0.2) is 0 Å². The number of ether oxygens (including phenoxy) is 3. The molecule has 10 heteroatoms. The van der Waals surface area contributed by atoms with Crippen LogP contribution in [0.25, 0.3) is 0 Å². The number of carbonyl (C=O) groups is 2. The molecule has 2 fully saturated rings. The van der Waals surface area contributed by atoms with Crippen molar-refractivity contribution in [2.45, 2.75) is 70.1 Å². The second-order valence-corrected chi connectivity index (χ2v) is 11.5. The van der Waals surface area contributed by atoms with Crippen LogP contribution in [0.1, 0.15) is 50.2 Å². The first kappa shape index (κ1) is 29.3. The lowest BCUT2D eigenvalue weighted by Crippen LogP contribution is -2.67. The molecule has 4 rings (SSSR count). The highest BCUT2D eigenvalue weighted by Gasteiger charge is 2.52. The number of likely N-dealkylation sites (tertiary alicyclic amines) is 1. The number of piperidine rings is 1. The van der Waals surface area contributed by atoms with Crippen LogP contribution >= 0.6 is 11.3 Å². The summed E-state index contributed by atoms with van der Waals surface area (Å²) < 4.78 is 33.4. The molecule has 1 aromatic heterocycles. The van der Waals surface area contributed by atoms with E-state index in [1.165, 1.54) is 7.05 Å². The van der Waals surface area contributed by atoms with Gasteiger partial charge in [-0.25, -0.2) is 9.18 Å². The third-order valence-electron chi connectivity index (χ3n) is 7.56. The molecule has 3 heterocycles. The first-order valence-corrected chi connectivity index (χ1v) is 14.6. The van der Waals surface area contributed by atoms with E-state index in [1.54, 1.807) is 23.2 Å². The van der Waals surface area contributed by atoms with E-state index in [2.05, 4.69) is 10.2 Å². The Kier molecular flexibility index (Phi) is 9.85. The minimum atomic E-state index is -1.18. The summed E-state index contributed by atoms with van der Waals surface area (Å²) in [6.45, 7) is 7.83. The van der Waals surface area contributed by atoms with Crippen LogP contribution in [-0.4, -0.2) is 85.6 Å². The number of alkyl halides is 1. The van der Waals surface area contributed by atoms with Crippen molar-refractivity contribution in [1.82, 2.24) is 15.1 Å². The maximum absolute atomic E-state index is 15.7. The molecule has 8 nitrogen and oxygen atoms in total. The van der Waals surface area contributed by atoms with Crippen molar-refractivity contribution < 1.29 is 28.2 Å². The van der Waals surface area contributed by atoms with Gasteiger partial charge in [-0.05, 0) is 56.7 Å². The zero-order chi connectivity index (χ0) is 28.0. The molecule has 39 heavy (non-hydrogen) atoms. The molecule has 1 N–H and O–H groups in total. The van der Waals surface area contributed by atoms with Gasteiger partial charge >= 0.3 is 6.09 Å². The highest BCUT2D eigenvalue weighted by atomic mass is 32.1. The molecule has 2 aliphatic heterocycles. The molecule has 2 amide bonds. The minimum absolute atomic E-state index is 0.0100. The smallest absolute Gasteiger partial charge is 0.406 e. The quantitative estimate of drug-likeness (QED) is 0.457. The van der Waals surface area contributed by atoms with Gasteiger partial charge in [0.2, 0.25) is 0 Å². The van der Waals surface area contributed by atoms with Crippen molar-refractivity contribution in [2.24, 2.45) is 0 Å². The van der Waals surface area contributed by atoms with Crippen molar-refractivity contribution in [1.29, 1.82) is 0 Å². The molecule has 214 valence electrons. The largest absolute Gasteiger partial charge is 0.484 e. The van der Waals surface area contributed by atoms with Gasteiger partial charge < -0.3 is 24.4 Å². The first-order valence-electron chi connectivity index (χ1n) is 13.7. The summed E-state index contributed by atoms with van der Waals surface area (Å²) in [6.07, 6.45) is -0.765. The van der Waals surface area contributed by atoms with Gasteiger partial charge in [0.05, 0.1) is 13.2 Å². The van der Waals surface area contributed by atoms with Crippen LogP contribution < -0.4 is 10.1 Å². The SMILES string of the molecule is CNC(=O)OCCC(Oc1ccccc1CCN1CC[C@]2(CN(C(C)C)C(=O)[C@@H](C)O2)[C@@H](F)C1)c1cccs1. The van der Waals surface area contributed by atoms with Crippen LogP contribution in [0.15, 0.2) is 41.8 Å². The summed E-state index contributed by atoms with van der Waals surface area (Å²) in [5.74, 6) is 0.708. The van der Waals surface area contributed by atoms with Crippen LogP contribution in [0.3, 0.4) is 0 Å². The molecule has 1 unspecified atom stereocenters. The molecule has 0 radical (unpaired) electrons. The number of hydrogen-bond donors (Lipinski definition) is 1. The van der Waals surface area contributed by atoms with E-state index in [-0.39, 0.29) is 31.2 Å². The van der Waals surface area contributed by atoms with Crippen molar-refractivity contribution in [3.8, 4) is 5.75 Å². The molecule has 2 saturated heterocycles. The predicted molar refractivity (Wildman–Crippen MR) is 149 cm³/mol. The number of carbonyl (C=O) groups excluding carboxylic acids is 2. The Balaban J connectivity index is 1.37. The molecule has 2 aromatic rings. The molecular formula is C29H40FN3O5S. The number of amides is 2. The van der Waals surface area contributed by atoms with Gasteiger partial charge in [0.1, 0.15) is 29.7 Å². The third-order valence-corrected chi connectivity index (χ3v) is 8.53. The first-order chi connectivity index (χ1) is 18.7. The van der Waals surface area contributed by atoms with E-state index in [4.69, 9.17) is 14.2 Å². The number of benzene rings is 1. The molecule has 1 aromatic carbocycles. The average Bonchev–Trinajstić information content (AvgIpc) is 3.46. The van der Waals surface area contributed by atoms with Crippen molar-refractivity contribution in [3.63, 3.8) is 0 Å². The van der Waals surface area contributed by atoms with E-state index in [0.717, 1.165) is 16.2 Å². The number of morpholine rings is 1. The molecule has 2 aliphatic rings. The number of rotatable bonds is 10. The fraction of sp³-hybridized carbons (Fsp3) is 0.586. The van der Waals surface area contributed by atoms with Crippen molar-refractivity contribution >= 4 is 23.3 Å². The van der Waals surface area contributed by atoms with E-state index in [0.29, 0.717) is 38.9 Å². The van der Waals surface area contributed by atoms with Gasteiger partial charge in [0.25, 0.3) is 5.91 Å². The lowest BCUT2D eigenvalue weighted by atomic mass is 9.86. The number of alkyl carbamates (subject to hydrolysis) is 1. The zero-order valence-electron chi connectivity index (χ0n) is 23.2. The minimum Gasteiger partial charge on any atom is -0.484 e. The van der Waals surface area contributed by atoms with Crippen LogP contribution in [0.4, 0.5) is 9.18 Å². The summed E-state index contributed by atoms with van der Waals surface area (Å²) in [5.41, 5.74) is 0.0980. The van der Waals surface area contributed by atoms with Crippen LogP contribution in [-0.2, 0) is 20.7 Å². The normalized spacial score (nSPS) is 24.7. The Morgan fingerprint density at radius 1 is 1.28 bits per heavy atom. The summed E-state index contributed by atoms with van der Waals surface area (Å²) in [7, 11) is 1.53. The number of para-hydroxylation sites is 1. The van der Waals surface area contributed by atoms with Gasteiger partial charge in [-0.1, -0.05) is 24.3 Å². The third kappa shape index (κ3) is 7.10. The average molecular weight is 562 g/mol. The maximum Gasteiger partial charge on any atom is 0.406 e. The van der Waals surface area contributed by atoms with Crippen LogP contribution in [0.2, 0.25) is 0 Å². The zero-order valence-corrected chi connectivity index (χ0v) is 24.0. The molecule has 0 bridgehead atoms. The summed E-state index contributed by atoms with van der Waals surface area (Å²) in [5, 5.41) is 4.46. The molecule has 1 spiro atoms. The van der Waals surface area contributed by atoms with Crippen molar-refractivity contribution in [2.75, 3.05) is 39.8 Å². The second-order valence-electron chi connectivity index (χ2n) is 10.6. The molecular weight excluding hydrogens is 521 g/mol. The highest BCUT2D eigenvalue weighted by Crippen LogP contribution is 2.36. The Morgan fingerprint density at radius 2 is 2.08 bits per heavy atom. The maximum atomic E-state index is 15.7. The number of nitrogens with zero attached hydrogens (tertiary/aromatic N) is 2. The lowest BCUT2D eigenvalue weighted by molar-refractivity contribution is -0.209. The summed E-state index contributed by atoms with van der Waals surface area (Å²) >= 11 is 1.60. The Hall–Kier alpha value is -2.69. The monoisotopic (exact) mass is 561 g/mol. The summed E-state index contributed by atoms with van der Waals surface area (Å²) in [4.78, 5) is 29.0. The summed E-state index contributed by atoms with van der Waals surface area (Å²) in [6, 6.07) is 11.9. The fourth-order valence-electron chi connectivity index (χ4n) is 5.30. The predicted octanol–water partition coefficient (Wildman–Crippen LogP) is 4.60. The standard InChI is InChI=1S/C29H40FN3O5S/c1-20(2)33-19-29(38-21(3)27(33)34)13-15-32(18-26(29)30)14-11-22-8-5-6-9-23(22)37-24(25-10-7-17-39-25)12-16-36-28(35)31-4/h5-10,17,20-21,24,26H,11-16,18-19H2,1-4H3,(H,31,35)/t21-,24?,26+,29+/m1/s1. The number of nitrogens with one attached hydrogen (secondary N) is 1. The molecule has 0 aliphatic carbocycles. The van der Waals surface area contributed by atoms with Crippen molar-refractivity contribution in [3.05, 3.63) is 52.2 Å². The Labute approximate surface area is 234 Å². The van der Waals surface area contributed by atoms with Gasteiger partial charge in [-0.2, -0.15) is 0 Å². The molecule has 4 atom stereocenters. The van der Waals surface area contributed by atoms with Crippen LogP contribution in [0.5, 0.6) is 5.75 Å². The number of hydrogen-bond acceptors (Lipinski definition) is 7. The Bertz CT molecular complexity index is 1100. The second kappa shape index (κ2) is 13.1. The van der Waals surface area contributed by atoms with Gasteiger partial charge in [0, 0.05) is 44.0 Å². The topological polar surface area (TPSA) is 80.3 Å². The lowest BCUT2D eigenvalue weighted by Gasteiger charge is -2.51. The number of thiophene rings is 1. The van der Waals surface area contributed by atoms with Gasteiger partial charge in [-0.15, -0.1) is 11.3 Å². The van der Waals surface area contributed by atoms with E-state index in [1.807, 2.05) is 55.6 Å². The highest BCUT2D eigenvalue weighted by molar-refractivity contribution is 7.10. The Morgan fingerprint density at radius 3 is 2.77 bits per heavy atom. The van der Waals surface area contributed by atoms with E-state index in [9.17, 15) is 9.59 Å². The number of halogens is 1. The molecule has 0 saturated carbocycles. The van der Waals surface area contributed by atoms with E-state index < -0.39 is 24.0 Å². The van der Waals surface area contributed by atoms with E-state index >= 15 is 4.39 Å². The fourth-order valence-corrected chi connectivity index (χ4v) is 6.09.